The van der Waals surface area contributed by atoms with Gasteiger partial charge in [0.1, 0.15) is 0 Å². The van der Waals surface area contributed by atoms with Crippen molar-refractivity contribution in [3.8, 4) is 0 Å². The first-order valence-electron chi connectivity index (χ1n) is 3.22. The van der Waals surface area contributed by atoms with Crippen molar-refractivity contribution in [3.63, 3.8) is 0 Å². The number of hydrogen-bond acceptors (Lipinski definition) is 2. The highest BCUT2D eigenvalue weighted by Crippen LogP contribution is 1.99. The third-order valence-electron chi connectivity index (χ3n) is 1.40. The molecule has 0 saturated carbocycles. The summed E-state index contributed by atoms with van der Waals surface area (Å²) >= 11 is 0. The average Bonchev–Trinajstić information content (AvgIpc) is 1.84. The van der Waals surface area contributed by atoms with E-state index in [1.807, 2.05) is 13.8 Å². The highest BCUT2D eigenvalue weighted by molar-refractivity contribution is 6.06. The van der Waals surface area contributed by atoms with Gasteiger partial charge < -0.3 is 9.92 Å². The van der Waals surface area contributed by atoms with Crippen LogP contribution in [0.5, 0.6) is 0 Å². The lowest BCUT2D eigenvalue weighted by Gasteiger charge is -2.25. The van der Waals surface area contributed by atoms with Crippen molar-refractivity contribution in [2.24, 2.45) is 0 Å². The fraction of sp³-hybridized carbons (Fsp3) is 0.833. The van der Waals surface area contributed by atoms with Crippen LogP contribution in [0.25, 0.3) is 0 Å². The first-order valence-corrected chi connectivity index (χ1v) is 3.22. The molecule has 1 atom stereocenters. The zero-order valence-corrected chi connectivity index (χ0v) is 6.53. The van der Waals surface area contributed by atoms with Crippen molar-refractivity contribution >= 4 is 14.0 Å². The Morgan fingerprint density at radius 1 is 1.50 bits per heavy atom. The van der Waals surface area contributed by atoms with Crippen molar-refractivity contribution in [1.82, 2.24) is 4.81 Å². The molecule has 0 saturated heterocycles. The average molecular weight is 141 g/mol. The smallest absolute Gasteiger partial charge is 0.319 e. The Hall–Kier alpha value is -0.505. The van der Waals surface area contributed by atoms with E-state index in [4.69, 9.17) is 13.1 Å². The van der Waals surface area contributed by atoms with Crippen LogP contribution in [-0.4, -0.2) is 36.0 Å². The minimum atomic E-state index is -0.892. The predicted molar refractivity (Wildman–Crippen MR) is 39.8 cm³/mol. The molecule has 10 heavy (non-hydrogen) atoms. The second kappa shape index (κ2) is 3.61. The molecule has 0 aromatic carbocycles. The first kappa shape index (κ1) is 9.49. The van der Waals surface area contributed by atoms with Crippen molar-refractivity contribution < 1.29 is 9.90 Å². The normalized spacial score (nSPS) is 14.1. The van der Waals surface area contributed by atoms with E-state index in [9.17, 15) is 4.79 Å². The third kappa shape index (κ3) is 2.39. The Labute approximate surface area is 62.5 Å². The molecule has 0 spiro atoms. The maximum atomic E-state index is 10.3. The van der Waals surface area contributed by atoms with Crippen LogP contribution in [0.1, 0.15) is 20.8 Å². The standard InChI is InChI=1S/C6H12BNO2/c1-4(2)8(7)5(3)6(9)10/h4-5H,1-3H3,(H,9,10). The van der Waals surface area contributed by atoms with Gasteiger partial charge in [-0.3, -0.25) is 4.79 Å². The van der Waals surface area contributed by atoms with Gasteiger partial charge >= 0.3 is 5.97 Å². The summed E-state index contributed by atoms with van der Waals surface area (Å²) in [6.07, 6.45) is 0. The second-order valence-electron chi connectivity index (χ2n) is 2.56. The van der Waals surface area contributed by atoms with Crippen LogP contribution in [0.2, 0.25) is 0 Å². The number of carbonyl (C=O) groups is 1. The van der Waals surface area contributed by atoms with Gasteiger partial charge in [-0.2, -0.15) is 0 Å². The van der Waals surface area contributed by atoms with Crippen molar-refractivity contribution in [1.29, 1.82) is 0 Å². The molecule has 2 radical (unpaired) electrons. The highest BCUT2D eigenvalue weighted by atomic mass is 16.4. The Morgan fingerprint density at radius 2 is 1.90 bits per heavy atom. The van der Waals surface area contributed by atoms with Gasteiger partial charge in [0.15, 0.2) is 7.98 Å². The lowest BCUT2D eigenvalue weighted by atomic mass is 10.1. The molecule has 0 bridgehead atoms. The monoisotopic (exact) mass is 141 g/mol. The number of carboxylic acids is 1. The van der Waals surface area contributed by atoms with E-state index < -0.39 is 12.0 Å². The first-order chi connectivity index (χ1) is 4.46. The minimum Gasteiger partial charge on any atom is -0.480 e. The maximum absolute atomic E-state index is 10.3. The fourth-order valence-corrected chi connectivity index (χ4v) is 0.575. The van der Waals surface area contributed by atoms with Crippen LogP contribution >= 0.6 is 0 Å². The molecule has 0 fully saturated rings. The zero-order chi connectivity index (χ0) is 8.31. The summed E-state index contributed by atoms with van der Waals surface area (Å²) < 4.78 is 0. The number of carboxylic acid groups (broad SMARTS) is 1. The van der Waals surface area contributed by atoms with Crippen molar-refractivity contribution in [3.05, 3.63) is 0 Å². The Bertz CT molecular complexity index is 127. The van der Waals surface area contributed by atoms with Crippen LogP contribution < -0.4 is 0 Å². The van der Waals surface area contributed by atoms with Gasteiger partial charge in [0.05, 0.1) is 6.04 Å². The molecule has 56 valence electrons. The number of rotatable bonds is 3. The van der Waals surface area contributed by atoms with E-state index in [2.05, 4.69) is 0 Å². The third-order valence-corrected chi connectivity index (χ3v) is 1.40. The van der Waals surface area contributed by atoms with Crippen LogP contribution in [0, 0.1) is 0 Å². The van der Waals surface area contributed by atoms with Gasteiger partial charge in [-0.1, -0.05) is 13.8 Å². The summed E-state index contributed by atoms with van der Waals surface area (Å²) in [5.41, 5.74) is 0. The molecule has 0 rings (SSSR count). The summed E-state index contributed by atoms with van der Waals surface area (Å²) in [5, 5.41) is 8.48. The van der Waals surface area contributed by atoms with Crippen LogP contribution in [-0.2, 0) is 4.79 Å². The predicted octanol–water partition coefficient (Wildman–Crippen LogP) is 0.253. The van der Waals surface area contributed by atoms with Crippen molar-refractivity contribution in [2.75, 3.05) is 0 Å². The van der Waals surface area contributed by atoms with Gasteiger partial charge in [0.25, 0.3) is 0 Å². The molecule has 1 N–H and O–H groups in total. The van der Waals surface area contributed by atoms with E-state index in [0.29, 0.717) is 0 Å². The molecular weight excluding hydrogens is 129 g/mol. The summed E-state index contributed by atoms with van der Waals surface area (Å²) in [6, 6.07) is -0.550. The number of aliphatic carboxylic acids is 1. The molecule has 0 aliphatic carbocycles. The molecule has 0 aromatic rings. The minimum absolute atomic E-state index is 0.0612. The molecule has 0 aliphatic heterocycles. The lowest BCUT2D eigenvalue weighted by Crippen LogP contribution is -2.41. The molecule has 4 heteroatoms. The van der Waals surface area contributed by atoms with E-state index >= 15 is 0 Å². The van der Waals surface area contributed by atoms with Gasteiger partial charge in [0.2, 0.25) is 0 Å². The molecule has 3 nitrogen and oxygen atoms in total. The Balaban J connectivity index is 3.94. The van der Waals surface area contributed by atoms with Crippen LogP contribution in [0.4, 0.5) is 0 Å². The molecular formula is C6H12BNO2. The van der Waals surface area contributed by atoms with Crippen LogP contribution in [0.3, 0.4) is 0 Å². The van der Waals surface area contributed by atoms with Gasteiger partial charge in [0, 0.05) is 0 Å². The molecule has 0 aliphatic rings. The maximum Gasteiger partial charge on any atom is 0.319 e. The summed E-state index contributed by atoms with van der Waals surface area (Å²) in [7, 11) is 5.41. The van der Waals surface area contributed by atoms with E-state index in [-0.39, 0.29) is 6.04 Å². The molecule has 1 unspecified atom stereocenters. The largest absolute Gasteiger partial charge is 0.480 e. The van der Waals surface area contributed by atoms with E-state index in [1.54, 1.807) is 6.92 Å². The molecule has 0 heterocycles. The Kier molecular flexibility index (Phi) is 3.43. The van der Waals surface area contributed by atoms with Gasteiger partial charge in [-0.05, 0) is 13.0 Å². The summed E-state index contributed by atoms with van der Waals surface area (Å²) in [5.74, 6) is -0.892. The van der Waals surface area contributed by atoms with E-state index in [0.717, 1.165) is 0 Å². The Morgan fingerprint density at radius 3 is 2.00 bits per heavy atom. The fourth-order valence-electron chi connectivity index (χ4n) is 0.575. The zero-order valence-electron chi connectivity index (χ0n) is 6.53. The number of nitrogens with zero attached hydrogens (tertiary/aromatic N) is 1. The molecule has 0 amide bonds. The highest BCUT2D eigenvalue weighted by Gasteiger charge is 2.17. The van der Waals surface area contributed by atoms with E-state index in [1.165, 1.54) is 4.81 Å². The lowest BCUT2D eigenvalue weighted by molar-refractivity contribution is -0.141. The topological polar surface area (TPSA) is 40.5 Å². The summed E-state index contributed by atoms with van der Waals surface area (Å²) in [4.78, 5) is 11.6. The van der Waals surface area contributed by atoms with Crippen LogP contribution in [0.15, 0.2) is 0 Å². The SMILES string of the molecule is [B]N(C(C)C)C(C)C(=O)O. The molecule has 0 aromatic heterocycles. The summed E-state index contributed by atoms with van der Waals surface area (Å²) in [6.45, 7) is 5.25. The second-order valence-corrected chi connectivity index (χ2v) is 2.56. The quantitative estimate of drug-likeness (QED) is 0.572. The van der Waals surface area contributed by atoms with Gasteiger partial charge in [-0.25, -0.2) is 0 Å². The number of hydrogen-bond donors (Lipinski definition) is 1. The van der Waals surface area contributed by atoms with Crippen molar-refractivity contribution in [2.45, 2.75) is 32.9 Å². The van der Waals surface area contributed by atoms with Gasteiger partial charge in [-0.15, -0.1) is 0 Å².